The minimum Gasteiger partial charge on any atom is -0.274 e. The molecule has 2 bridgehead atoms. The lowest BCUT2D eigenvalue weighted by molar-refractivity contribution is -0.123. The standard InChI is InChI=1S/C15H12ClNO4S/c16-22(20,21)11-5-3-10(4-6-11)17-14(18)12-8-1-2-9(7-8)13(12)15(17)19/h1-6,8-9,12-13H,7H2/t8-,9?,12-,13+/m0/s1. The zero-order valence-electron chi connectivity index (χ0n) is 11.3. The van der Waals surface area contributed by atoms with Crippen LogP contribution in [0.15, 0.2) is 41.3 Å². The number of rotatable bonds is 2. The van der Waals surface area contributed by atoms with Crippen LogP contribution in [0.5, 0.6) is 0 Å². The molecule has 5 nitrogen and oxygen atoms in total. The summed E-state index contributed by atoms with van der Waals surface area (Å²) in [6.07, 6.45) is 4.94. The van der Waals surface area contributed by atoms with Gasteiger partial charge >= 0.3 is 0 Å². The highest BCUT2D eigenvalue weighted by atomic mass is 35.7. The molecule has 1 aromatic rings. The van der Waals surface area contributed by atoms with E-state index in [-0.39, 0.29) is 40.4 Å². The van der Waals surface area contributed by atoms with Crippen molar-refractivity contribution in [2.45, 2.75) is 11.3 Å². The lowest BCUT2D eigenvalue weighted by atomic mass is 9.85. The number of anilines is 1. The number of carbonyl (C=O) groups is 2. The van der Waals surface area contributed by atoms with Crippen molar-refractivity contribution in [3.63, 3.8) is 0 Å². The van der Waals surface area contributed by atoms with Gasteiger partial charge in [0.1, 0.15) is 0 Å². The van der Waals surface area contributed by atoms with E-state index in [1.807, 2.05) is 12.2 Å². The van der Waals surface area contributed by atoms with Crippen LogP contribution in [-0.2, 0) is 18.6 Å². The third-order valence-electron chi connectivity index (χ3n) is 4.85. The van der Waals surface area contributed by atoms with Crippen molar-refractivity contribution in [2.75, 3.05) is 4.90 Å². The fraction of sp³-hybridized carbons (Fsp3) is 0.333. The van der Waals surface area contributed by atoms with Crippen LogP contribution in [0.2, 0.25) is 0 Å². The number of allylic oxidation sites excluding steroid dienone is 2. The van der Waals surface area contributed by atoms with Gasteiger partial charge in [-0.1, -0.05) is 12.2 Å². The molecule has 4 rings (SSSR count). The molecule has 114 valence electrons. The Bertz CT molecular complexity index is 784. The molecule has 1 aromatic carbocycles. The van der Waals surface area contributed by atoms with Crippen molar-refractivity contribution in [1.82, 2.24) is 0 Å². The summed E-state index contributed by atoms with van der Waals surface area (Å²) >= 11 is 0. The topological polar surface area (TPSA) is 71.5 Å². The molecule has 0 N–H and O–H groups in total. The first-order chi connectivity index (χ1) is 10.4. The van der Waals surface area contributed by atoms with Crippen LogP contribution >= 0.6 is 10.7 Å². The normalized spacial score (nSPS) is 32.9. The second kappa shape index (κ2) is 4.43. The van der Waals surface area contributed by atoms with Crippen LogP contribution in [0.4, 0.5) is 5.69 Å². The summed E-state index contributed by atoms with van der Waals surface area (Å²) < 4.78 is 22.5. The van der Waals surface area contributed by atoms with Gasteiger partial charge in [-0.25, -0.2) is 8.42 Å². The third kappa shape index (κ3) is 1.80. The first-order valence-electron chi connectivity index (χ1n) is 6.99. The number of benzene rings is 1. The predicted octanol–water partition coefficient (Wildman–Crippen LogP) is 1.93. The summed E-state index contributed by atoms with van der Waals surface area (Å²) in [6.45, 7) is 0. The number of amides is 2. The summed E-state index contributed by atoms with van der Waals surface area (Å²) in [6, 6.07) is 5.50. The van der Waals surface area contributed by atoms with E-state index in [9.17, 15) is 18.0 Å². The Morgan fingerprint density at radius 1 is 0.955 bits per heavy atom. The van der Waals surface area contributed by atoms with E-state index >= 15 is 0 Å². The van der Waals surface area contributed by atoms with E-state index < -0.39 is 9.05 Å². The maximum absolute atomic E-state index is 12.6. The van der Waals surface area contributed by atoms with E-state index in [0.29, 0.717) is 5.69 Å². The summed E-state index contributed by atoms with van der Waals surface area (Å²) in [5.41, 5.74) is 0.396. The van der Waals surface area contributed by atoms with E-state index in [2.05, 4.69) is 0 Å². The molecule has 0 aromatic heterocycles. The summed E-state index contributed by atoms with van der Waals surface area (Å²) in [7, 11) is 1.45. The molecule has 2 fully saturated rings. The van der Waals surface area contributed by atoms with Crippen LogP contribution in [0, 0.1) is 23.7 Å². The zero-order valence-corrected chi connectivity index (χ0v) is 12.9. The van der Waals surface area contributed by atoms with Gasteiger partial charge in [-0.15, -0.1) is 0 Å². The maximum atomic E-state index is 12.6. The molecule has 3 aliphatic rings. The SMILES string of the molecule is O=C1[C@@H]2[C@H](C(=O)N1c1ccc(S(=O)(=O)Cl)cc1)C1C=C[C@H]2C1. The molecule has 22 heavy (non-hydrogen) atoms. The van der Waals surface area contributed by atoms with Gasteiger partial charge in [0.25, 0.3) is 9.05 Å². The highest BCUT2D eigenvalue weighted by molar-refractivity contribution is 8.13. The van der Waals surface area contributed by atoms with Gasteiger partial charge in [0.05, 0.1) is 22.4 Å². The van der Waals surface area contributed by atoms with Crippen molar-refractivity contribution in [3.05, 3.63) is 36.4 Å². The van der Waals surface area contributed by atoms with Crippen LogP contribution in [0.3, 0.4) is 0 Å². The molecule has 4 atom stereocenters. The molecule has 1 heterocycles. The Kier molecular flexibility index (Phi) is 2.81. The lowest BCUT2D eigenvalue weighted by Crippen LogP contribution is -2.32. The Labute approximate surface area is 132 Å². The van der Waals surface area contributed by atoms with Crippen LogP contribution in [0.25, 0.3) is 0 Å². The molecule has 1 aliphatic heterocycles. The number of imide groups is 1. The number of halogens is 1. The smallest absolute Gasteiger partial charge is 0.261 e. The van der Waals surface area contributed by atoms with Gasteiger partial charge in [-0.2, -0.15) is 0 Å². The second-order valence-corrected chi connectivity index (χ2v) is 8.51. The average molecular weight is 338 g/mol. The van der Waals surface area contributed by atoms with Crippen molar-refractivity contribution in [2.24, 2.45) is 23.7 Å². The van der Waals surface area contributed by atoms with E-state index in [4.69, 9.17) is 10.7 Å². The fourth-order valence-corrected chi connectivity index (χ4v) is 4.68. The highest BCUT2D eigenvalue weighted by Crippen LogP contribution is 2.53. The van der Waals surface area contributed by atoms with Crippen molar-refractivity contribution < 1.29 is 18.0 Å². The minimum atomic E-state index is -3.82. The van der Waals surface area contributed by atoms with E-state index in [0.717, 1.165) is 6.42 Å². The lowest BCUT2D eigenvalue weighted by Gasteiger charge is -2.17. The molecule has 1 saturated carbocycles. The van der Waals surface area contributed by atoms with Crippen LogP contribution in [0.1, 0.15) is 6.42 Å². The number of hydrogen-bond acceptors (Lipinski definition) is 4. The number of carbonyl (C=O) groups excluding carboxylic acids is 2. The molecule has 0 spiro atoms. The van der Waals surface area contributed by atoms with Crippen molar-refractivity contribution in [3.8, 4) is 0 Å². The van der Waals surface area contributed by atoms with Gasteiger partial charge in [0, 0.05) is 10.7 Å². The van der Waals surface area contributed by atoms with Crippen LogP contribution in [-0.4, -0.2) is 20.2 Å². The van der Waals surface area contributed by atoms with Crippen molar-refractivity contribution in [1.29, 1.82) is 0 Å². The van der Waals surface area contributed by atoms with Gasteiger partial charge < -0.3 is 0 Å². The molecular formula is C15H12ClNO4S. The van der Waals surface area contributed by atoms with Gasteiger partial charge in [0.2, 0.25) is 11.8 Å². The largest absolute Gasteiger partial charge is 0.274 e. The fourth-order valence-electron chi connectivity index (χ4n) is 3.91. The first-order valence-corrected chi connectivity index (χ1v) is 9.30. The highest BCUT2D eigenvalue weighted by Gasteiger charge is 2.59. The zero-order chi connectivity index (χ0) is 15.6. The monoisotopic (exact) mass is 337 g/mol. The summed E-state index contributed by atoms with van der Waals surface area (Å²) in [5, 5.41) is 0. The molecule has 1 saturated heterocycles. The Hall–Kier alpha value is -1.66. The van der Waals surface area contributed by atoms with Gasteiger partial charge in [0.15, 0.2) is 0 Å². The number of hydrogen-bond donors (Lipinski definition) is 0. The first kappa shape index (κ1) is 14.0. The van der Waals surface area contributed by atoms with E-state index in [1.165, 1.54) is 29.2 Å². The summed E-state index contributed by atoms with van der Waals surface area (Å²) in [4.78, 5) is 26.3. The number of nitrogens with zero attached hydrogens (tertiary/aromatic N) is 1. The molecule has 7 heteroatoms. The molecule has 0 radical (unpaired) electrons. The van der Waals surface area contributed by atoms with Crippen molar-refractivity contribution >= 4 is 37.2 Å². The quantitative estimate of drug-likeness (QED) is 0.469. The van der Waals surface area contributed by atoms with Gasteiger partial charge in [-0.3, -0.25) is 14.5 Å². The molecular weight excluding hydrogens is 326 g/mol. The average Bonchev–Trinajstić information content (AvgIpc) is 3.12. The van der Waals surface area contributed by atoms with Crippen LogP contribution < -0.4 is 4.90 Å². The predicted molar refractivity (Wildman–Crippen MR) is 79.7 cm³/mol. The Morgan fingerprint density at radius 2 is 1.45 bits per heavy atom. The van der Waals surface area contributed by atoms with E-state index in [1.54, 1.807) is 0 Å². The third-order valence-corrected chi connectivity index (χ3v) is 6.22. The Morgan fingerprint density at radius 3 is 1.91 bits per heavy atom. The molecule has 2 aliphatic carbocycles. The van der Waals surface area contributed by atoms with Gasteiger partial charge in [-0.05, 0) is 42.5 Å². The summed E-state index contributed by atoms with van der Waals surface area (Å²) in [5.74, 6) is -0.600. The minimum absolute atomic E-state index is 0.0565. The maximum Gasteiger partial charge on any atom is 0.261 e. The second-order valence-electron chi connectivity index (χ2n) is 5.94. The molecule has 2 amide bonds. The Balaban J connectivity index is 1.70. The molecule has 1 unspecified atom stereocenters. The number of fused-ring (bicyclic) bond motifs is 5.